The molecule has 1 aromatic heterocycles. The molecule has 0 fully saturated rings. The van der Waals surface area contributed by atoms with E-state index in [2.05, 4.69) is 22.8 Å². The predicted octanol–water partition coefficient (Wildman–Crippen LogP) is 5.18. The third-order valence-corrected chi connectivity index (χ3v) is 5.58. The predicted molar refractivity (Wildman–Crippen MR) is 123 cm³/mol. The number of amides is 1. The molecule has 5 nitrogen and oxygen atoms in total. The first-order valence-corrected chi connectivity index (χ1v) is 10.7. The van der Waals surface area contributed by atoms with E-state index in [9.17, 15) is 4.79 Å². The van der Waals surface area contributed by atoms with Gasteiger partial charge in [-0.25, -0.2) is 4.98 Å². The number of carbonyl (C=O) groups is 1. The van der Waals surface area contributed by atoms with E-state index in [0.717, 1.165) is 27.4 Å². The summed E-state index contributed by atoms with van der Waals surface area (Å²) >= 11 is 1.63. The Kier molecular flexibility index (Phi) is 6.59. The average molecular weight is 431 g/mol. The minimum absolute atomic E-state index is 0.0699. The summed E-state index contributed by atoms with van der Waals surface area (Å²) < 4.78 is 10.8. The number of aromatic nitrogens is 1. The van der Waals surface area contributed by atoms with Gasteiger partial charge in [0.2, 0.25) is 0 Å². The van der Waals surface area contributed by atoms with Gasteiger partial charge in [-0.2, -0.15) is 0 Å². The second kappa shape index (κ2) is 9.91. The van der Waals surface area contributed by atoms with Gasteiger partial charge in [-0.05, 0) is 17.7 Å². The third kappa shape index (κ3) is 5.29. The average Bonchev–Trinajstić information content (AvgIpc) is 3.33. The number of thiazole rings is 1. The maximum atomic E-state index is 12.1. The lowest BCUT2D eigenvalue weighted by Crippen LogP contribution is -2.28. The van der Waals surface area contributed by atoms with Gasteiger partial charge in [-0.1, -0.05) is 66.7 Å². The molecule has 4 rings (SSSR count). The molecule has 156 valence electrons. The zero-order chi connectivity index (χ0) is 21.5. The number of carbonyl (C=O) groups excluding carboxylic acids is 1. The van der Waals surface area contributed by atoms with Crippen LogP contribution in [0.2, 0.25) is 0 Å². The fraction of sp³-hybridized carbons (Fsp3) is 0.120. The number of nitrogens with one attached hydrogen (secondary N) is 1. The first kappa shape index (κ1) is 20.6. The highest BCUT2D eigenvalue weighted by molar-refractivity contribution is 7.13. The van der Waals surface area contributed by atoms with E-state index >= 15 is 0 Å². The number of methoxy groups -OCH3 is 1. The first-order chi connectivity index (χ1) is 15.2. The van der Waals surface area contributed by atoms with Gasteiger partial charge in [0.15, 0.2) is 18.1 Å². The fourth-order valence-electron chi connectivity index (χ4n) is 3.05. The molecule has 4 aromatic rings. The van der Waals surface area contributed by atoms with Crippen molar-refractivity contribution in [1.82, 2.24) is 10.3 Å². The second-order valence-corrected chi connectivity index (χ2v) is 7.68. The Labute approximate surface area is 185 Å². The third-order valence-electron chi connectivity index (χ3n) is 4.69. The fourth-order valence-corrected chi connectivity index (χ4v) is 3.88. The van der Waals surface area contributed by atoms with Gasteiger partial charge in [0.05, 0.1) is 12.8 Å². The molecule has 0 spiro atoms. The van der Waals surface area contributed by atoms with E-state index in [1.54, 1.807) is 30.6 Å². The van der Waals surface area contributed by atoms with Crippen LogP contribution in [-0.2, 0) is 11.3 Å². The molecule has 0 atom stereocenters. The normalized spacial score (nSPS) is 10.5. The molecule has 0 radical (unpaired) electrons. The topological polar surface area (TPSA) is 60.5 Å². The number of ether oxygens (including phenoxy) is 2. The molecule has 0 aliphatic carbocycles. The van der Waals surface area contributed by atoms with Crippen molar-refractivity contribution < 1.29 is 14.3 Å². The maximum Gasteiger partial charge on any atom is 0.258 e. The van der Waals surface area contributed by atoms with E-state index in [1.165, 1.54) is 0 Å². The minimum atomic E-state index is -0.193. The van der Waals surface area contributed by atoms with E-state index in [4.69, 9.17) is 14.5 Å². The number of rotatable bonds is 8. The SMILES string of the molecule is COc1ccccc1OCC(=O)NCc1ccc(-c2csc(-c3ccccc3)n2)cc1. The van der Waals surface area contributed by atoms with Crippen LogP contribution < -0.4 is 14.8 Å². The molecular formula is C25H22N2O3S. The van der Waals surface area contributed by atoms with Crippen LogP contribution >= 0.6 is 11.3 Å². The number of hydrogen-bond acceptors (Lipinski definition) is 5. The molecule has 1 amide bonds. The quantitative estimate of drug-likeness (QED) is 0.418. The van der Waals surface area contributed by atoms with Gasteiger partial charge >= 0.3 is 0 Å². The summed E-state index contributed by atoms with van der Waals surface area (Å²) in [6.07, 6.45) is 0. The Morgan fingerprint density at radius 3 is 2.35 bits per heavy atom. The Bertz CT molecular complexity index is 1140. The maximum absolute atomic E-state index is 12.1. The highest BCUT2D eigenvalue weighted by Gasteiger charge is 2.08. The van der Waals surface area contributed by atoms with Crippen LogP contribution in [0.15, 0.2) is 84.2 Å². The molecule has 0 aliphatic heterocycles. The lowest BCUT2D eigenvalue weighted by atomic mass is 10.1. The van der Waals surface area contributed by atoms with Crippen LogP contribution in [0.1, 0.15) is 5.56 Å². The molecule has 31 heavy (non-hydrogen) atoms. The summed E-state index contributed by atoms with van der Waals surface area (Å²) in [6, 6.07) is 25.4. The van der Waals surface area contributed by atoms with Crippen LogP contribution in [-0.4, -0.2) is 24.6 Å². The number of hydrogen-bond donors (Lipinski definition) is 1. The molecule has 6 heteroatoms. The molecule has 3 aromatic carbocycles. The molecule has 1 heterocycles. The van der Waals surface area contributed by atoms with Crippen molar-refractivity contribution in [3.63, 3.8) is 0 Å². The molecule has 0 saturated heterocycles. The zero-order valence-electron chi connectivity index (χ0n) is 17.1. The Morgan fingerprint density at radius 2 is 1.61 bits per heavy atom. The Balaban J connectivity index is 1.31. The molecule has 0 bridgehead atoms. The highest BCUT2D eigenvalue weighted by atomic mass is 32.1. The molecular weight excluding hydrogens is 408 g/mol. The van der Waals surface area contributed by atoms with Gasteiger partial charge in [-0.3, -0.25) is 4.79 Å². The summed E-state index contributed by atoms with van der Waals surface area (Å²) in [7, 11) is 1.57. The van der Waals surface area contributed by atoms with E-state index < -0.39 is 0 Å². The largest absolute Gasteiger partial charge is 0.493 e. The van der Waals surface area contributed by atoms with Crippen LogP contribution in [0.5, 0.6) is 11.5 Å². The summed E-state index contributed by atoms with van der Waals surface area (Å²) in [5, 5.41) is 5.94. The first-order valence-electron chi connectivity index (χ1n) is 9.86. The molecule has 0 unspecified atom stereocenters. The van der Waals surface area contributed by atoms with Gasteiger partial charge in [0.25, 0.3) is 5.91 Å². The Hall–Kier alpha value is -3.64. The van der Waals surface area contributed by atoms with Gasteiger partial charge in [0.1, 0.15) is 5.01 Å². The summed E-state index contributed by atoms with van der Waals surface area (Å²) in [4.78, 5) is 16.9. The monoisotopic (exact) mass is 430 g/mol. The van der Waals surface area contributed by atoms with Crippen molar-refractivity contribution in [2.24, 2.45) is 0 Å². The van der Waals surface area contributed by atoms with Crippen molar-refractivity contribution in [2.75, 3.05) is 13.7 Å². The molecule has 0 saturated carbocycles. The van der Waals surface area contributed by atoms with Crippen molar-refractivity contribution in [3.8, 4) is 33.3 Å². The second-order valence-electron chi connectivity index (χ2n) is 6.82. The zero-order valence-corrected chi connectivity index (χ0v) is 17.9. The lowest BCUT2D eigenvalue weighted by Gasteiger charge is -2.10. The van der Waals surface area contributed by atoms with Gasteiger partial charge < -0.3 is 14.8 Å². The smallest absolute Gasteiger partial charge is 0.258 e. The number of benzene rings is 3. The summed E-state index contributed by atoms with van der Waals surface area (Å²) in [6.45, 7) is 0.361. The van der Waals surface area contributed by atoms with Crippen molar-refractivity contribution in [3.05, 3.63) is 89.8 Å². The molecule has 1 N–H and O–H groups in total. The lowest BCUT2D eigenvalue weighted by molar-refractivity contribution is -0.123. The van der Waals surface area contributed by atoms with Crippen LogP contribution in [0, 0.1) is 0 Å². The standard InChI is InChI=1S/C25H22N2O3S/c1-29-22-9-5-6-10-23(22)30-16-24(28)26-15-18-11-13-19(14-12-18)21-17-31-25(27-21)20-7-3-2-4-8-20/h2-14,17H,15-16H2,1H3,(H,26,28). The summed E-state index contributed by atoms with van der Waals surface area (Å²) in [5.41, 5.74) is 4.12. The van der Waals surface area contributed by atoms with E-state index in [1.807, 2.05) is 54.6 Å². The highest BCUT2D eigenvalue weighted by Crippen LogP contribution is 2.29. The summed E-state index contributed by atoms with van der Waals surface area (Å²) in [5.74, 6) is 0.952. The van der Waals surface area contributed by atoms with Crippen molar-refractivity contribution in [1.29, 1.82) is 0 Å². The minimum Gasteiger partial charge on any atom is -0.493 e. The number of para-hydroxylation sites is 2. The van der Waals surface area contributed by atoms with Crippen molar-refractivity contribution >= 4 is 17.2 Å². The van der Waals surface area contributed by atoms with Crippen molar-refractivity contribution in [2.45, 2.75) is 6.54 Å². The van der Waals surface area contributed by atoms with Crippen LogP contribution in [0.4, 0.5) is 0 Å². The van der Waals surface area contributed by atoms with Crippen LogP contribution in [0.3, 0.4) is 0 Å². The van der Waals surface area contributed by atoms with E-state index in [0.29, 0.717) is 18.0 Å². The number of nitrogens with zero attached hydrogens (tertiary/aromatic N) is 1. The van der Waals surface area contributed by atoms with E-state index in [-0.39, 0.29) is 12.5 Å². The van der Waals surface area contributed by atoms with Gasteiger partial charge in [-0.15, -0.1) is 11.3 Å². The molecule has 0 aliphatic rings. The Morgan fingerprint density at radius 1 is 0.903 bits per heavy atom. The van der Waals surface area contributed by atoms with Crippen LogP contribution in [0.25, 0.3) is 21.8 Å². The van der Waals surface area contributed by atoms with Gasteiger partial charge in [0, 0.05) is 23.1 Å².